The lowest BCUT2D eigenvalue weighted by Crippen LogP contribution is -2.20. The number of halogens is 1. The molecule has 0 saturated heterocycles. The molecule has 33 heavy (non-hydrogen) atoms. The van der Waals surface area contributed by atoms with Gasteiger partial charge in [-0.15, -0.1) is 11.8 Å². The topological polar surface area (TPSA) is 59.9 Å². The average Bonchev–Trinajstić information content (AvgIpc) is 3.15. The van der Waals surface area contributed by atoms with Crippen LogP contribution >= 0.6 is 27.7 Å². The summed E-state index contributed by atoms with van der Waals surface area (Å²) in [5, 5.41) is 4.25. The maximum absolute atomic E-state index is 12.5. The van der Waals surface area contributed by atoms with Gasteiger partial charge < -0.3 is 9.47 Å². The van der Waals surface area contributed by atoms with E-state index in [-0.39, 0.29) is 11.2 Å². The predicted molar refractivity (Wildman–Crippen MR) is 138 cm³/mol. The molecule has 0 saturated carbocycles. The Morgan fingerprint density at radius 3 is 2.45 bits per heavy atom. The highest BCUT2D eigenvalue weighted by Crippen LogP contribution is 2.49. The Bertz CT molecular complexity index is 1170. The van der Waals surface area contributed by atoms with Crippen LogP contribution in [0.15, 0.2) is 82.9 Å². The van der Waals surface area contributed by atoms with Crippen molar-refractivity contribution in [3.05, 3.63) is 94.5 Å². The molecule has 3 aromatic carbocycles. The van der Waals surface area contributed by atoms with Crippen molar-refractivity contribution in [1.29, 1.82) is 0 Å². The number of carbonyl (C=O) groups excluding carboxylic acids is 1. The number of fused-ring (bicyclic) bond motifs is 3. The Labute approximate surface area is 206 Å². The van der Waals surface area contributed by atoms with Gasteiger partial charge in [0.1, 0.15) is 6.61 Å². The van der Waals surface area contributed by atoms with Gasteiger partial charge in [-0.2, -0.15) is 5.10 Å². The van der Waals surface area contributed by atoms with Gasteiger partial charge in [-0.3, -0.25) is 4.79 Å². The molecule has 3 aromatic rings. The summed E-state index contributed by atoms with van der Waals surface area (Å²) in [5.74, 6) is 1.29. The maximum atomic E-state index is 12.5. The molecular weight excluding hydrogens is 500 g/mol. The number of nitrogens with zero attached hydrogens (tertiary/aromatic N) is 1. The van der Waals surface area contributed by atoms with E-state index in [1.165, 1.54) is 22.3 Å². The normalized spacial score (nSPS) is 12.3. The second kappa shape index (κ2) is 10.7. The van der Waals surface area contributed by atoms with Gasteiger partial charge in [0.2, 0.25) is 5.91 Å². The quantitative estimate of drug-likeness (QED) is 0.213. The largest absolute Gasteiger partial charge is 0.493 e. The molecule has 0 unspecified atom stereocenters. The van der Waals surface area contributed by atoms with Crippen molar-refractivity contribution >= 4 is 39.8 Å². The predicted octanol–water partition coefficient (Wildman–Crippen LogP) is 5.98. The Kier molecular flexibility index (Phi) is 7.52. The van der Waals surface area contributed by atoms with Crippen LogP contribution in [0, 0.1) is 0 Å². The molecule has 0 bridgehead atoms. The highest BCUT2D eigenvalue weighted by Gasteiger charge is 2.28. The van der Waals surface area contributed by atoms with E-state index in [0.717, 1.165) is 10.0 Å². The Morgan fingerprint density at radius 1 is 1.15 bits per heavy atom. The number of thioether (sulfide) groups is 1. The minimum atomic E-state index is -0.157. The van der Waals surface area contributed by atoms with Gasteiger partial charge in [-0.1, -0.05) is 61.2 Å². The molecule has 4 rings (SSSR count). The molecule has 1 aliphatic carbocycles. The van der Waals surface area contributed by atoms with E-state index < -0.39 is 0 Å². The molecule has 5 nitrogen and oxygen atoms in total. The summed E-state index contributed by atoms with van der Waals surface area (Å²) < 4.78 is 11.8. The number of amides is 1. The number of carbonyl (C=O) groups is 1. The minimum absolute atomic E-state index is 0.135. The number of methoxy groups -OCH3 is 1. The molecular formula is C26H23BrN2O3S. The summed E-state index contributed by atoms with van der Waals surface area (Å²) in [6, 6.07) is 20.4. The first kappa shape index (κ1) is 23.1. The van der Waals surface area contributed by atoms with Gasteiger partial charge in [0.15, 0.2) is 11.5 Å². The Hall–Kier alpha value is -3.03. The molecule has 7 heteroatoms. The minimum Gasteiger partial charge on any atom is -0.493 e. The number of rotatable bonds is 9. The van der Waals surface area contributed by atoms with Gasteiger partial charge in [0.05, 0.1) is 28.8 Å². The molecule has 0 fully saturated rings. The van der Waals surface area contributed by atoms with E-state index in [9.17, 15) is 4.79 Å². The van der Waals surface area contributed by atoms with Crippen molar-refractivity contribution in [2.24, 2.45) is 5.10 Å². The molecule has 1 amide bonds. The molecule has 0 aromatic heterocycles. The van der Waals surface area contributed by atoms with Crippen LogP contribution in [0.3, 0.4) is 0 Å². The van der Waals surface area contributed by atoms with Gasteiger partial charge in [0.25, 0.3) is 0 Å². The first-order valence-corrected chi connectivity index (χ1v) is 12.2. The summed E-state index contributed by atoms with van der Waals surface area (Å²) in [4.78, 5) is 12.5. The summed E-state index contributed by atoms with van der Waals surface area (Å²) in [5.41, 5.74) is 8.35. The van der Waals surface area contributed by atoms with E-state index in [4.69, 9.17) is 9.47 Å². The lowest BCUT2D eigenvalue weighted by atomic mass is 10.1. The number of hydrogen-bond donors (Lipinski definition) is 1. The fourth-order valence-corrected chi connectivity index (χ4v) is 5.48. The van der Waals surface area contributed by atoms with Crippen LogP contribution in [-0.4, -0.2) is 31.6 Å². The number of benzene rings is 3. The third kappa shape index (κ3) is 5.15. The van der Waals surface area contributed by atoms with E-state index in [1.54, 1.807) is 37.2 Å². The average molecular weight is 523 g/mol. The van der Waals surface area contributed by atoms with Gasteiger partial charge in [-0.05, 0) is 55.9 Å². The fraction of sp³-hybridized carbons (Fsp3) is 0.154. The second-order valence-corrected chi connectivity index (χ2v) is 9.24. The number of hydrogen-bond acceptors (Lipinski definition) is 5. The van der Waals surface area contributed by atoms with Gasteiger partial charge >= 0.3 is 0 Å². The third-order valence-corrected chi connectivity index (χ3v) is 7.02. The van der Waals surface area contributed by atoms with Crippen LogP contribution in [0.1, 0.15) is 21.9 Å². The first-order valence-electron chi connectivity index (χ1n) is 10.3. The summed E-state index contributed by atoms with van der Waals surface area (Å²) >= 11 is 5.09. The Balaban J connectivity index is 1.39. The number of ether oxygens (including phenoxy) is 2. The van der Waals surface area contributed by atoms with Crippen molar-refractivity contribution in [2.45, 2.75) is 5.25 Å². The van der Waals surface area contributed by atoms with Crippen molar-refractivity contribution in [3.63, 3.8) is 0 Å². The summed E-state index contributed by atoms with van der Waals surface area (Å²) in [6.07, 6.45) is 3.24. The van der Waals surface area contributed by atoms with Crippen LogP contribution in [0.5, 0.6) is 11.5 Å². The molecule has 168 valence electrons. The standard InChI is InChI=1S/C26H23BrN2O3S/c1-3-12-32-25-22(27)13-17(14-23(25)31-2)15-28-29-24(30)16-33-26-20-10-6-4-8-18(20)19-9-5-7-11-21(19)26/h3-11,13-15,26H,1,12,16H2,2H3,(H,29,30)/b28-15-. The van der Waals surface area contributed by atoms with Gasteiger partial charge in [-0.25, -0.2) is 5.43 Å². The van der Waals surface area contributed by atoms with Crippen LogP contribution in [-0.2, 0) is 4.79 Å². The van der Waals surface area contributed by atoms with E-state index in [2.05, 4.69) is 69.4 Å². The molecule has 0 spiro atoms. The van der Waals surface area contributed by atoms with E-state index in [1.807, 2.05) is 18.2 Å². The molecule has 0 radical (unpaired) electrons. The molecule has 0 aliphatic heterocycles. The zero-order chi connectivity index (χ0) is 23.2. The molecule has 0 atom stereocenters. The number of hydrazone groups is 1. The van der Waals surface area contributed by atoms with Crippen LogP contribution in [0.25, 0.3) is 11.1 Å². The fourth-order valence-electron chi connectivity index (χ4n) is 3.76. The summed E-state index contributed by atoms with van der Waals surface area (Å²) in [6.45, 7) is 4.02. The molecule has 1 aliphatic rings. The van der Waals surface area contributed by atoms with Crippen molar-refractivity contribution in [3.8, 4) is 22.6 Å². The lowest BCUT2D eigenvalue weighted by molar-refractivity contribution is -0.118. The summed E-state index contributed by atoms with van der Waals surface area (Å²) in [7, 11) is 1.57. The Morgan fingerprint density at radius 2 is 1.82 bits per heavy atom. The zero-order valence-electron chi connectivity index (χ0n) is 18.1. The van der Waals surface area contributed by atoms with E-state index >= 15 is 0 Å². The van der Waals surface area contributed by atoms with E-state index in [0.29, 0.717) is 23.9 Å². The third-order valence-electron chi connectivity index (χ3n) is 5.16. The first-order chi connectivity index (χ1) is 16.1. The van der Waals surface area contributed by atoms with Crippen molar-refractivity contribution in [2.75, 3.05) is 19.5 Å². The van der Waals surface area contributed by atoms with Crippen LogP contribution in [0.4, 0.5) is 0 Å². The monoisotopic (exact) mass is 522 g/mol. The highest BCUT2D eigenvalue weighted by molar-refractivity contribution is 9.10. The van der Waals surface area contributed by atoms with Gasteiger partial charge in [0, 0.05) is 0 Å². The van der Waals surface area contributed by atoms with Crippen LogP contribution in [0.2, 0.25) is 0 Å². The molecule has 0 heterocycles. The lowest BCUT2D eigenvalue weighted by Gasteiger charge is -2.13. The van der Waals surface area contributed by atoms with Crippen LogP contribution < -0.4 is 14.9 Å². The highest BCUT2D eigenvalue weighted by atomic mass is 79.9. The van der Waals surface area contributed by atoms with Crippen molar-refractivity contribution < 1.29 is 14.3 Å². The SMILES string of the molecule is C=CCOc1c(Br)cc(/C=N\NC(=O)CSC2c3ccccc3-c3ccccc32)cc1OC. The smallest absolute Gasteiger partial charge is 0.250 e. The second-order valence-electron chi connectivity index (χ2n) is 7.29. The number of nitrogens with one attached hydrogen (secondary N) is 1. The zero-order valence-corrected chi connectivity index (χ0v) is 20.5. The molecule has 1 N–H and O–H groups in total. The maximum Gasteiger partial charge on any atom is 0.250 e. The van der Waals surface area contributed by atoms with Crippen molar-refractivity contribution in [1.82, 2.24) is 5.43 Å².